The van der Waals surface area contributed by atoms with Crippen LogP contribution in [0.4, 0.5) is 13.2 Å². The van der Waals surface area contributed by atoms with Crippen LogP contribution in [0.15, 0.2) is 42.9 Å². The molecule has 0 amide bonds. The van der Waals surface area contributed by atoms with Crippen molar-refractivity contribution in [2.45, 2.75) is 6.36 Å². The van der Waals surface area contributed by atoms with Gasteiger partial charge in [0.15, 0.2) is 0 Å². The molecule has 7 heteroatoms. The Hall–Kier alpha value is -2.44. The number of carbonyl (C=O) groups is 1. The van der Waals surface area contributed by atoms with Crippen LogP contribution in [0.3, 0.4) is 0 Å². The van der Waals surface area contributed by atoms with Crippen LogP contribution in [0.2, 0.25) is 0 Å². The van der Waals surface area contributed by atoms with Crippen LogP contribution >= 0.6 is 0 Å². The molecule has 4 nitrogen and oxygen atoms in total. The Morgan fingerprint density at radius 1 is 1.21 bits per heavy atom. The highest BCUT2D eigenvalue weighted by Gasteiger charge is 2.31. The molecular formula is C12H7F3N2O2. The molecule has 0 aliphatic carbocycles. The first-order valence-corrected chi connectivity index (χ1v) is 5.12. The number of rotatable bonds is 3. The van der Waals surface area contributed by atoms with E-state index in [1.807, 2.05) is 0 Å². The molecule has 0 fully saturated rings. The Bertz CT molecular complexity index is 585. The summed E-state index contributed by atoms with van der Waals surface area (Å²) >= 11 is 0. The first-order valence-electron chi connectivity index (χ1n) is 5.12. The fourth-order valence-electron chi connectivity index (χ4n) is 1.41. The van der Waals surface area contributed by atoms with Crippen LogP contribution in [0.25, 0.3) is 0 Å². The van der Waals surface area contributed by atoms with Crippen molar-refractivity contribution in [2.75, 3.05) is 0 Å². The Labute approximate surface area is 105 Å². The lowest BCUT2D eigenvalue weighted by molar-refractivity contribution is -0.274. The molecule has 1 aromatic heterocycles. The van der Waals surface area contributed by atoms with Gasteiger partial charge in [0.1, 0.15) is 17.8 Å². The number of benzene rings is 1. The average molecular weight is 268 g/mol. The summed E-state index contributed by atoms with van der Waals surface area (Å²) in [4.78, 5) is 19.3. The fourth-order valence-corrected chi connectivity index (χ4v) is 1.41. The summed E-state index contributed by atoms with van der Waals surface area (Å²) in [5, 5.41) is 0. The number of ether oxygens (including phenoxy) is 1. The third-order valence-electron chi connectivity index (χ3n) is 2.14. The summed E-state index contributed by atoms with van der Waals surface area (Å²) in [7, 11) is 0. The molecule has 2 rings (SSSR count). The third kappa shape index (κ3) is 3.51. The first-order chi connectivity index (χ1) is 8.96. The molecule has 0 aliphatic heterocycles. The normalized spacial score (nSPS) is 11.1. The van der Waals surface area contributed by atoms with Gasteiger partial charge in [-0.1, -0.05) is 12.1 Å². The number of halogens is 3. The number of aromatic nitrogens is 2. The van der Waals surface area contributed by atoms with Gasteiger partial charge in [0.25, 0.3) is 0 Å². The van der Waals surface area contributed by atoms with E-state index in [4.69, 9.17) is 0 Å². The van der Waals surface area contributed by atoms with Gasteiger partial charge in [0.2, 0.25) is 5.78 Å². The SMILES string of the molecule is O=C(c1cccc(OC(F)(F)F)c1)c1ccncn1. The second kappa shape index (κ2) is 5.05. The van der Waals surface area contributed by atoms with Crippen LogP contribution in [0, 0.1) is 0 Å². The highest BCUT2D eigenvalue weighted by atomic mass is 19.4. The van der Waals surface area contributed by atoms with Gasteiger partial charge < -0.3 is 4.74 Å². The molecule has 98 valence electrons. The average Bonchev–Trinajstić information content (AvgIpc) is 2.37. The fraction of sp³-hybridized carbons (Fsp3) is 0.0833. The van der Waals surface area contributed by atoms with E-state index in [0.29, 0.717) is 0 Å². The van der Waals surface area contributed by atoms with E-state index in [2.05, 4.69) is 14.7 Å². The Kier molecular flexibility index (Phi) is 3.46. The molecule has 1 heterocycles. The molecule has 0 spiro atoms. The topological polar surface area (TPSA) is 52.1 Å². The van der Waals surface area contributed by atoms with Crippen molar-refractivity contribution >= 4 is 5.78 Å². The van der Waals surface area contributed by atoms with Crippen LogP contribution in [-0.2, 0) is 0 Å². The summed E-state index contributed by atoms with van der Waals surface area (Å²) in [6.07, 6.45) is -2.24. The van der Waals surface area contributed by atoms with Crippen LogP contribution in [0.5, 0.6) is 5.75 Å². The van der Waals surface area contributed by atoms with Crippen molar-refractivity contribution < 1.29 is 22.7 Å². The second-order valence-corrected chi connectivity index (χ2v) is 3.50. The minimum Gasteiger partial charge on any atom is -0.406 e. The Balaban J connectivity index is 2.27. The second-order valence-electron chi connectivity index (χ2n) is 3.50. The van der Waals surface area contributed by atoms with Gasteiger partial charge >= 0.3 is 6.36 Å². The minimum atomic E-state index is -4.80. The smallest absolute Gasteiger partial charge is 0.406 e. The Morgan fingerprint density at radius 2 is 2.00 bits per heavy atom. The molecule has 0 aliphatic rings. The van der Waals surface area contributed by atoms with Crippen molar-refractivity contribution in [3.63, 3.8) is 0 Å². The lowest BCUT2D eigenvalue weighted by Crippen LogP contribution is -2.17. The molecule has 0 atom stereocenters. The van der Waals surface area contributed by atoms with E-state index in [0.717, 1.165) is 12.1 Å². The summed E-state index contributed by atoms with van der Waals surface area (Å²) in [5.41, 5.74) is 0.152. The third-order valence-corrected chi connectivity index (χ3v) is 2.14. The van der Waals surface area contributed by atoms with Crippen LogP contribution in [-0.4, -0.2) is 22.1 Å². The lowest BCUT2D eigenvalue weighted by atomic mass is 10.1. The molecule has 19 heavy (non-hydrogen) atoms. The zero-order chi connectivity index (χ0) is 13.9. The lowest BCUT2D eigenvalue weighted by Gasteiger charge is -2.09. The van der Waals surface area contributed by atoms with Gasteiger partial charge in [0, 0.05) is 11.8 Å². The van der Waals surface area contributed by atoms with Gasteiger partial charge in [-0.3, -0.25) is 4.79 Å². The number of hydrogen-bond acceptors (Lipinski definition) is 4. The zero-order valence-electron chi connectivity index (χ0n) is 9.39. The highest BCUT2D eigenvalue weighted by molar-refractivity contribution is 6.07. The number of carbonyl (C=O) groups excluding carboxylic acids is 1. The monoisotopic (exact) mass is 268 g/mol. The van der Waals surface area contributed by atoms with Gasteiger partial charge in [-0.25, -0.2) is 9.97 Å². The van der Waals surface area contributed by atoms with Crippen molar-refractivity contribution in [2.24, 2.45) is 0 Å². The maximum Gasteiger partial charge on any atom is 0.573 e. The summed E-state index contributed by atoms with van der Waals surface area (Å²) in [6.45, 7) is 0. The molecule has 0 saturated heterocycles. The molecule has 2 aromatic rings. The van der Waals surface area contributed by atoms with E-state index in [9.17, 15) is 18.0 Å². The summed E-state index contributed by atoms with van der Waals surface area (Å²) in [6, 6.07) is 6.19. The number of hydrogen-bond donors (Lipinski definition) is 0. The van der Waals surface area contributed by atoms with Gasteiger partial charge in [0.05, 0.1) is 0 Å². The van der Waals surface area contributed by atoms with E-state index in [1.165, 1.54) is 30.7 Å². The van der Waals surface area contributed by atoms with Crippen LogP contribution < -0.4 is 4.74 Å². The van der Waals surface area contributed by atoms with E-state index in [-0.39, 0.29) is 11.3 Å². The predicted molar refractivity (Wildman–Crippen MR) is 58.6 cm³/mol. The predicted octanol–water partition coefficient (Wildman–Crippen LogP) is 2.61. The molecular weight excluding hydrogens is 261 g/mol. The molecule has 0 N–H and O–H groups in total. The molecule has 0 radical (unpaired) electrons. The zero-order valence-corrected chi connectivity index (χ0v) is 9.39. The van der Waals surface area contributed by atoms with Gasteiger partial charge in [-0.05, 0) is 18.2 Å². The van der Waals surface area contributed by atoms with Crippen molar-refractivity contribution in [3.8, 4) is 5.75 Å². The molecule has 0 bridgehead atoms. The molecule has 0 saturated carbocycles. The molecule has 1 aromatic carbocycles. The Morgan fingerprint density at radius 3 is 2.63 bits per heavy atom. The van der Waals surface area contributed by atoms with Crippen molar-refractivity contribution in [1.29, 1.82) is 0 Å². The van der Waals surface area contributed by atoms with E-state index >= 15 is 0 Å². The van der Waals surface area contributed by atoms with Crippen molar-refractivity contribution in [3.05, 3.63) is 54.1 Å². The molecule has 0 unspecified atom stereocenters. The number of alkyl halides is 3. The van der Waals surface area contributed by atoms with E-state index in [1.54, 1.807) is 0 Å². The van der Waals surface area contributed by atoms with Crippen LogP contribution in [0.1, 0.15) is 16.1 Å². The quantitative estimate of drug-likeness (QED) is 0.803. The summed E-state index contributed by atoms with van der Waals surface area (Å²) in [5.74, 6) is -0.956. The van der Waals surface area contributed by atoms with Gasteiger partial charge in [-0.15, -0.1) is 13.2 Å². The first kappa shape index (κ1) is 13.0. The van der Waals surface area contributed by atoms with Crippen molar-refractivity contribution in [1.82, 2.24) is 9.97 Å². The number of nitrogens with zero attached hydrogens (tertiary/aromatic N) is 2. The maximum absolute atomic E-state index is 12.1. The number of ketones is 1. The maximum atomic E-state index is 12.1. The van der Waals surface area contributed by atoms with E-state index < -0.39 is 17.9 Å². The van der Waals surface area contributed by atoms with Gasteiger partial charge in [-0.2, -0.15) is 0 Å². The minimum absolute atomic E-state index is 0.0560. The summed E-state index contributed by atoms with van der Waals surface area (Å²) < 4.78 is 40.0. The highest BCUT2D eigenvalue weighted by Crippen LogP contribution is 2.23. The standard InChI is InChI=1S/C12H7F3N2O2/c13-12(14,15)19-9-3-1-2-8(6-9)11(18)10-4-5-16-7-17-10/h1-7H. The largest absolute Gasteiger partial charge is 0.573 e.